The van der Waals surface area contributed by atoms with Crippen molar-refractivity contribution in [1.82, 2.24) is 15.2 Å². The summed E-state index contributed by atoms with van der Waals surface area (Å²) in [5.74, 6) is -0.144. The highest BCUT2D eigenvalue weighted by Gasteiger charge is 2.24. The van der Waals surface area contributed by atoms with Gasteiger partial charge in [-0.3, -0.25) is 15.1 Å². The highest BCUT2D eigenvalue weighted by Crippen LogP contribution is 2.26. The molecule has 3 rings (SSSR count). The van der Waals surface area contributed by atoms with Gasteiger partial charge in [0, 0.05) is 24.6 Å². The third-order valence-corrected chi connectivity index (χ3v) is 3.69. The molecule has 2 aromatic rings. The van der Waals surface area contributed by atoms with E-state index in [9.17, 15) is 4.79 Å². The summed E-state index contributed by atoms with van der Waals surface area (Å²) in [5.41, 5.74) is 0.935. The van der Waals surface area contributed by atoms with Crippen LogP contribution in [0, 0.1) is 0 Å². The van der Waals surface area contributed by atoms with Crippen molar-refractivity contribution in [2.24, 2.45) is 0 Å². The first-order valence-electron chi connectivity index (χ1n) is 5.99. The van der Waals surface area contributed by atoms with E-state index in [0.717, 1.165) is 23.4 Å². The minimum Gasteiger partial charge on any atom is -0.368 e. The Morgan fingerprint density at radius 1 is 1.37 bits per heavy atom. The van der Waals surface area contributed by atoms with Crippen molar-refractivity contribution in [3.8, 4) is 10.6 Å². The lowest BCUT2D eigenvalue weighted by Crippen LogP contribution is -2.26. The van der Waals surface area contributed by atoms with E-state index in [1.54, 1.807) is 12.4 Å². The fraction of sp³-hybridized carbons (Fsp3) is 0.333. The fourth-order valence-electron chi connectivity index (χ4n) is 1.86. The topological polar surface area (TPSA) is 77.0 Å². The van der Waals surface area contributed by atoms with Crippen LogP contribution in [0.25, 0.3) is 10.6 Å². The van der Waals surface area contributed by atoms with Gasteiger partial charge < -0.3 is 4.74 Å². The molecule has 1 amide bonds. The van der Waals surface area contributed by atoms with E-state index in [4.69, 9.17) is 4.74 Å². The second kappa shape index (κ2) is 5.41. The van der Waals surface area contributed by atoms with Crippen molar-refractivity contribution >= 4 is 22.4 Å². The third-order valence-electron chi connectivity index (χ3n) is 2.80. The number of hydrogen-bond donors (Lipinski definition) is 1. The molecule has 0 radical (unpaired) electrons. The number of ether oxygens (including phenoxy) is 1. The van der Waals surface area contributed by atoms with Crippen LogP contribution in [0.2, 0.25) is 0 Å². The zero-order valence-corrected chi connectivity index (χ0v) is 10.9. The van der Waals surface area contributed by atoms with Gasteiger partial charge in [-0.05, 0) is 25.0 Å². The molecule has 0 aromatic carbocycles. The van der Waals surface area contributed by atoms with Crippen LogP contribution in [0.15, 0.2) is 24.5 Å². The molecular formula is C12H12N4O2S. The molecule has 6 nitrogen and oxygen atoms in total. The molecule has 0 unspecified atom stereocenters. The smallest absolute Gasteiger partial charge is 0.255 e. The van der Waals surface area contributed by atoms with Gasteiger partial charge in [0.2, 0.25) is 5.13 Å². The van der Waals surface area contributed by atoms with Crippen LogP contribution in [0.5, 0.6) is 0 Å². The van der Waals surface area contributed by atoms with E-state index in [2.05, 4.69) is 20.5 Å². The van der Waals surface area contributed by atoms with Crippen LogP contribution < -0.4 is 5.32 Å². The molecule has 1 atom stereocenters. The number of pyridine rings is 1. The normalized spacial score (nSPS) is 18.4. The molecule has 3 heterocycles. The van der Waals surface area contributed by atoms with Crippen LogP contribution >= 0.6 is 11.3 Å². The molecule has 0 bridgehead atoms. The summed E-state index contributed by atoms with van der Waals surface area (Å²) in [7, 11) is 0. The Morgan fingerprint density at radius 2 is 2.21 bits per heavy atom. The van der Waals surface area contributed by atoms with Crippen molar-refractivity contribution in [2.45, 2.75) is 18.9 Å². The van der Waals surface area contributed by atoms with E-state index in [-0.39, 0.29) is 12.0 Å². The number of rotatable bonds is 3. The minimum absolute atomic E-state index is 0.144. The molecule has 0 aliphatic carbocycles. The van der Waals surface area contributed by atoms with Crippen molar-refractivity contribution in [1.29, 1.82) is 0 Å². The summed E-state index contributed by atoms with van der Waals surface area (Å²) in [5, 5.41) is 12.0. The molecule has 19 heavy (non-hydrogen) atoms. The number of amides is 1. The van der Waals surface area contributed by atoms with E-state index in [1.165, 1.54) is 11.3 Å². The van der Waals surface area contributed by atoms with Crippen molar-refractivity contribution in [2.75, 3.05) is 11.9 Å². The number of aromatic nitrogens is 3. The molecule has 1 fully saturated rings. The van der Waals surface area contributed by atoms with Gasteiger partial charge in [0.05, 0.1) is 0 Å². The highest BCUT2D eigenvalue weighted by atomic mass is 32.1. The number of carbonyl (C=O) groups excluding carboxylic acids is 1. The molecule has 1 saturated heterocycles. The van der Waals surface area contributed by atoms with Gasteiger partial charge in [0.1, 0.15) is 11.1 Å². The first-order valence-corrected chi connectivity index (χ1v) is 6.81. The van der Waals surface area contributed by atoms with Crippen molar-refractivity contribution in [3.05, 3.63) is 24.5 Å². The molecule has 1 N–H and O–H groups in total. The van der Waals surface area contributed by atoms with E-state index in [1.807, 2.05) is 12.1 Å². The molecule has 1 aliphatic rings. The first-order chi connectivity index (χ1) is 9.33. The average Bonchev–Trinajstić information content (AvgIpc) is 3.11. The second-order valence-electron chi connectivity index (χ2n) is 4.14. The van der Waals surface area contributed by atoms with Gasteiger partial charge >= 0.3 is 0 Å². The highest BCUT2D eigenvalue weighted by molar-refractivity contribution is 7.18. The SMILES string of the molecule is O=C(Nc1nnc(-c2ccncc2)s1)[C@@H]1CCCO1. The number of nitrogens with zero attached hydrogens (tertiary/aromatic N) is 3. The lowest BCUT2D eigenvalue weighted by Gasteiger charge is -2.06. The largest absolute Gasteiger partial charge is 0.368 e. The zero-order chi connectivity index (χ0) is 13.1. The Balaban J connectivity index is 1.70. The lowest BCUT2D eigenvalue weighted by molar-refractivity contribution is -0.124. The van der Waals surface area contributed by atoms with Gasteiger partial charge in [0.15, 0.2) is 0 Å². The van der Waals surface area contributed by atoms with Gasteiger partial charge in [-0.1, -0.05) is 11.3 Å². The summed E-state index contributed by atoms with van der Waals surface area (Å²) < 4.78 is 5.31. The summed E-state index contributed by atoms with van der Waals surface area (Å²) in [6.45, 7) is 0.649. The van der Waals surface area contributed by atoms with Gasteiger partial charge in [-0.2, -0.15) is 0 Å². The van der Waals surface area contributed by atoms with Crippen molar-refractivity contribution in [3.63, 3.8) is 0 Å². The summed E-state index contributed by atoms with van der Waals surface area (Å²) >= 11 is 1.34. The number of anilines is 1. The van der Waals surface area contributed by atoms with Crippen LogP contribution in [-0.4, -0.2) is 33.8 Å². The quantitative estimate of drug-likeness (QED) is 0.923. The van der Waals surface area contributed by atoms with Gasteiger partial charge in [-0.25, -0.2) is 0 Å². The predicted octanol–water partition coefficient (Wildman–Crippen LogP) is 1.72. The Hall–Kier alpha value is -1.86. The zero-order valence-electron chi connectivity index (χ0n) is 10.1. The second-order valence-corrected chi connectivity index (χ2v) is 5.12. The Morgan fingerprint density at radius 3 is 2.95 bits per heavy atom. The molecule has 0 saturated carbocycles. The van der Waals surface area contributed by atoms with Gasteiger partial charge in [-0.15, -0.1) is 10.2 Å². The fourth-order valence-corrected chi connectivity index (χ4v) is 2.61. The summed E-state index contributed by atoms with van der Waals surface area (Å²) in [6, 6.07) is 3.71. The Labute approximate surface area is 113 Å². The maximum Gasteiger partial charge on any atom is 0.255 e. The molecule has 2 aromatic heterocycles. The maximum absolute atomic E-state index is 11.9. The monoisotopic (exact) mass is 276 g/mol. The molecular weight excluding hydrogens is 264 g/mol. The lowest BCUT2D eigenvalue weighted by atomic mass is 10.2. The van der Waals surface area contributed by atoms with Crippen LogP contribution in [-0.2, 0) is 9.53 Å². The minimum atomic E-state index is -0.353. The van der Waals surface area contributed by atoms with Crippen LogP contribution in [0.1, 0.15) is 12.8 Å². The molecule has 0 spiro atoms. The average molecular weight is 276 g/mol. The maximum atomic E-state index is 11.9. The van der Waals surface area contributed by atoms with Crippen molar-refractivity contribution < 1.29 is 9.53 Å². The summed E-state index contributed by atoms with van der Waals surface area (Å²) in [4.78, 5) is 15.8. The van der Waals surface area contributed by atoms with E-state index in [0.29, 0.717) is 11.7 Å². The van der Waals surface area contributed by atoms with E-state index < -0.39 is 0 Å². The number of nitrogens with one attached hydrogen (secondary N) is 1. The number of hydrogen-bond acceptors (Lipinski definition) is 6. The van der Waals surface area contributed by atoms with E-state index >= 15 is 0 Å². The van der Waals surface area contributed by atoms with Gasteiger partial charge in [0.25, 0.3) is 5.91 Å². The number of carbonyl (C=O) groups is 1. The Bertz CT molecular complexity index is 566. The first kappa shape index (κ1) is 12.2. The summed E-state index contributed by atoms with van der Waals surface area (Å²) in [6.07, 6.45) is 4.73. The Kier molecular flexibility index (Phi) is 3.47. The van der Waals surface area contributed by atoms with Crippen LogP contribution in [0.4, 0.5) is 5.13 Å². The third kappa shape index (κ3) is 2.77. The molecule has 7 heteroatoms. The standard InChI is InChI=1S/C12H12N4O2S/c17-10(9-2-1-7-18-9)14-12-16-15-11(19-12)8-3-5-13-6-4-8/h3-6,9H,1-2,7H2,(H,14,16,17)/t9-/m0/s1. The predicted molar refractivity (Wildman–Crippen MR) is 70.7 cm³/mol. The van der Waals surface area contributed by atoms with Crippen LogP contribution in [0.3, 0.4) is 0 Å². The molecule has 98 valence electrons. The molecule has 1 aliphatic heterocycles.